The summed E-state index contributed by atoms with van der Waals surface area (Å²) in [5.74, 6) is 0. The zero-order valence-electron chi connectivity index (χ0n) is 14.5. The number of nitrogens with zero attached hydrogens (tertiary/aromatic N) is 1. The van der Waals surface area contributed by atoms with Crippen molar-refractivity contribution in [3.63, 3.8) is 0 Å². The van der Waals surface area contributed by atoms with Gasteiger partial charge in [-0.25, -0.2) is 0 Å². The standard InChI is InChI=1S/C24H20N2/c1-3-9-17(10-4-1)22-16-23-20(15-19-13-7-8-14-21(19)25-23)24(26-22)18-11-5-2-6-12-18/h1-15,22,24,26H,16H2. The molecule has 1 aliphatic heterocycles. The summed E-state index contributed by atoms with van der Waals surface area (Å²) >= 11 is 0. The maximum Gasteiger partial charge on any atom is 0.0705 e. The molecule has 0 spiro atoms. The third kappa shape index (κ3) is 2.69. The molecule has 126 valence electrons. The molecule has 0 amide bonds. The monoisotopic (exact) mass is 336 g/mol. The maximum atomic E-state index is 5.03. The van der Waals surface area contributed by atoms with Gasteiger partial charge in [0.1, 0.15) is 0 Å². The van der Waals surface area contributed by atoms with Crippen molar-refractivity contribution in [2.24, 2.45) is 0 Å². The summed E-state index contributed by atoms with van der Waals surface area (Å²) in [6.45, 7) is 0. The van der Waals surface area contributed by atoms with Crippen LogP contribution in [0.25, 0.3) is 10.9 Å². The summed E-state index contributed by atoms with van der Waals surface area (Å²) in [5, 5.41) is 5.07. The van der Waals surface area contributed by atoms with Gasteiger partial charge in [-0.05, 0) is 28.8 Å². The molecule has 2 unspecified atom stereocenters. The molecule has 1 aromatic heterocycles. The van der Waals surface area contributed by atoms with Gasteiger partial charge in [-0.15, -0.1) is 0 Å². The molecule has 0 bridgehead atoms. The molecule has 2 nitrogen and oxygen atoms in total. The van der Waals surface area contributed by atoms with Crippen molar-refractivity contribution in [2.45, 2.75) is 18.5 Å². The topological polar surface area (TPSA) is 24.9 Å². The van der Waals surface area contributed by atoms with E-state index < -0.39 is 0 Å². The minimum Gasteiger partial charge on any atom is -0.299 e. The van der Waals surface area contributed by atoms with Crippen molar-refractivity contribution in [2.75, 3.05) is 0 Å². The van der Waals surface area contributed by atoms with E-state index in [2.05, 4.69) is 96.3 Å². The number of fused-ring (bicyclic) bond motifs is 2. The highest BCUT2D eigenvalue weighted by Crippen LogP contribution is 2.36. The third-order valence-corrected chi connectivity index (χ3v) is 5.25. The first-order chi connectivity index (χ1) is 12.9. The molecule has 1 aliphatic rings. The third-order valence-electron chi connectivity index (χ3n) is 5.25. The van der Waals surface area contributed by atoms with Crippen LogP contribution in [0.3, 0.4) is 0 Å². The smallest absolute Gasteiger partial charge is 0.0705 e. The van der Waals surface area contributed by atoms with Crippen LogP contribution in [0, 0.1) is 0 Å². The first kappa shape index (κ1) is 15.3. The molecular weight excluding hydrogens is 316 g/mol. The Balaban J connectivity index is 1.67. The van der Waals surface area contributed by atoms with Gasteiger partial charge in [-0.3, -0.25) is 10.3 Å². The lowest BCUT2D eigenvalue weighted by molar-refractivity contribution is 0.445. The summed E-state index contributed by atoms with van der Waals surface area (Å²) in [5.41, 5.74) is 6.17. The highest BCUT2D eigenvalue weighted by molar-refractivity contribution is 5.80. The van der Waals surface area contributed by atoms with Gasteiger partial charge in [0.25, 0.3) is 0 Å². The van der Waals surface area contributed by atoms with Crippen molar-refractivity contribution in [3.8, 4) is 0 Å². The van der Waals surface area contributed by atoms with Crippen molar-refractivity contribution in [1.29, 1.82) is 0 Å². The minimum absolute atomic E-state index is 0.155. The van der Waals surface area contributed by atoms with Crippen molar-refractivity contribution >= 4 is 10.9 Å². The molecule has 4 aromatic rings. The van der Waals surface area contributed by atoms with E-state index in [1.807, 2.05) is 0 Å². The van der Waals surface area contributed by atoms with E-state index in [9.17, 15) is 0 Å². The van der Waals surface area contributed by atoms with E-state index in [1.165, 1.54) is 27.8 Å². The van der Waals surface area contributed by atoms with Crippen LogP contribution in [0.2, 0.25) is 0 Å². The van der Waals surface area contributed by atoms with E-state index in [0.29, 0.717) is 0 Å². The second kappa shape index (κ2) is 6.40. The second-order valence-corrected chi connectivity index (χ2v) is 6.89. The van der Waals surface area contributed by atoms with Gasteiger partial charge in [-0.2, -0.15) is 0 Å². The highest BCUT2D eigenvalue weighted by Gasteiger charge is 2.29. The molecule has 5 rings (SSSR count). The van der Waals surface area contributed by atoms with E-state index in [4.69, 9.17) is 4.98 Å². The Labute approximate surface area is 153 Å². The van der Waals surface area contributed by atoms with Crippen LogP contribution < -0.4 is 5.32 Å². The number of pyridine rings is 1. The molecule has 0 aliphatic carbocycles. The zero-order valence-corrected chi connectivity index (χ0v) is 14.5. The molecule has 0 saturated carbocycles. The van der Waals surface area contributed by atoms with Gasteiger partial charge in [0.05, 0.1) is 11.6 Å². The molecular formula is C24H20N2. The summed E-state index contributed by atoms with van der Waals surface area (Å²) < 4.78 is 0. The Kier molecular flexibility index (Phi) is 3.76. The van der Waals surface area contributed by atoms with Gasteiger partial charge in [0.15, 0.2) is 0 Å². The number of nitrogens with one attached hydrogen (secondary N) is 1. The fraction of sp³-hybridized carbons (Fsp3) is 0.125. The second-order valence-electron chi connectivity index (χ2n) is 6.89. The van der Waals surface area contributed by atoms with E-state index in [0.717, 1.165) is 11.9 Å². The Hall–Kier alpha value is -2.97. The van der Waals surface area contributed by atoms with Gasteiger partial charge in [0, 0.05) is 23.5 Å². The van der Waals surface area contributed by atoms with Crippen LogP contribution in [0.1, 0.15) is 34.5 Å². The number of rotatable bonds is 2. The average Bonchev–Trinajstić information content (AvgIpc) is 2.73. The van der Waals surface area contributed by atoms with Crippen LogP contribution in [0.4, 0.5) is 0 Å². The lowest BCUT2D eigenvalue weighted by atomic mass is 9.86. The fourth-order valence-electron chi connectivity index (χ4n) is 3.95. The zero-order chi connectivity index (χ0) is 17.3. The van der Waals surface area contributed by atoms with Crippen LogP contribution in [0.5, 0.6) is 0 Å². The van der Waals surface area contributed by atoms with Crippen LogP contribution in [-0.4, -0.2) is 4.98 Å². The summed E-state index contributed by atoms with van der Waals surface area (Å²) in [4.78, 5) is 5.03. The Bertz CT molecular complexity index is 1040. The first-order valence-corrected chi connectivity index (χ1v) is 9.13. The molecule has 2 heteroatoms. The number of aromatic nitrogens is 1. The Morgan fingerprint density at radius 2 is 1.38 bits per heavy atom. The predicted molar refractivity (Wildman–Crippen MR) is 106 cm³/mol. The lowest BCUT2D eigenvalue weighted by Crippen LogP contribution is -2.34. The largest absolute Gasteiger partial charge is 0.299 e. The fourth-order valence-corrected chi connectivity index (χ4v) is 3.95. The van der Waals surface area contributed by atoms with Gasteiger partial charge in [-0.1, -0.05) is 78.9 Å². The van der Waals surface area contributed by atoms with Gasteiger partial charge >= 0.3 is 0 Å². The molecule has 0 fully saturated rings. The number of hydrogen-bond donors (Lipinski definition) is 1. The highest BCUT2D eigenvalue weighted by atomic mass is 15.0. The molecule has 2 atom stereocenters. The molecule has 1 N–H and O–H groups in total. The Morgan fingerprint density at radius 1 is 0.731 bits per heavy atom. The number of para-hydroxylation sites is 1. The number of benzene rings is 3. The first-order valence-electron chi connectivity index (χ1n) is 9.13. The van der Waals surface area contributed by atoms with E-state index in [1.54, 1.807) is 0 Å². The molecule has 2 heterocycles. The van der Waals surface area contributed by atoms with Crippen LogP contribution in [-0.2, 0) is 6.42 Å². The Morgan fingerprint density at radius 3 is 2.15 bits per heavy atom. The van der Waals surface area contributed by atoms with Crippen LogP contribution in [0.15, 0.2) is 91.0 Å². The quantitative estimate of drug-likeness (QED) is 0.543. The van der Waals surface area contributed by atoms with E-state index >= 15 is 0 Å². The lowest BCUT2D eigenvalue weighted by Gasteiger charge is -2.33. The molecule has 3 aromatic carbocycles. The molecule has 0 radical (unpaired) electrons. The molecule has 26 heavy (non-hydrogen) atoms. The SMILES string of the molecule is c1ccc(C2Cc3nc4ccccc4cc3C(c3ccccc3)N2)cc1. The van der Waals surface area contributed by atoms with Crippen molar-refractivity contribution in [1.82, 2.24) is 10.3 Å². The van der Waals surface area contributed by atoms with Crippen LogP contribution >= 0.6 is 0 Å². The van der Waals surface area contributed by atoms with Crippen molar-refractivity contribution < 1.29 is 0 Å². The van der Waals surface area contributed by atoms with Crippen molar-refractivity contribution in [3.05, 3.63) is 113 Å². The van der Waals surface area contributed by atoms with E-state index in [-0.39, 0.29) is 12.1 Å². The molecule has 0 saturated heterocycles. The average molecular weight is 336 g/mol. The minimum atomic E-state index is 0.155. The summed E-state index contributed by atoms with van der Waals surface area (Å²) in [6, 6.07) is 32.5. The summed E-state index contributed by atoms with van der Waals surface area (Å²) in [7, 11) is 0. The van der Waals surface area contributed by atoms with Gasteiger partial charge in [0.2, 0.25) is 0 Å². The summed E-state index contributed by atoms with van der Waals surface area (Å²) in [6.07, 6.45) is 0.910. The van der Waals surface area contributed by atoms with Gasteiger partial charge < -0.3 is 0 Å². The predicted octanol–water partition coefficient (Wildman–Crippen LogP) is 5.21. The number of hydrogen-bond acceptors (Lipinski definition) is 2. The normalized spacial score (nSPS) is 19.2. The maximum absolute atomic E-state index is 5.03.